The molecule has 0 saturated carbocycles. The van der Waals surface area contributed by atoms with Crippen LogP contribution in [0.2, 0.25) is 0 Å². The van der Waals surface area contributed by atoms with Gasteiger partial charge in [0.05, 0.1) is 5.69 Å². The molecule has 0 aliphatic heterocycles. The minimum atomic E-state index is 0.485. The summed E-state index contributed by atoms with van der Waals surface area (Å²) in [7, 11) is 1.90. The van der Waals surface area contributed by atoms with Crippen LogP contribution in [-0.4, -0.2) is 12.0 Å². The lowest BCUT2D eigenvalue weighted by Crippen LogP contribution is -2.01. The molecule has 0 saturated heterocycles. The molecule has 0 amide bonds. The lowest BCUT2D eigenvalue weighted by Gasteiger charge is -2.12. The number of ether oxygens (including phenoxy) is 1. The van der Waals surface area contributed by atoms with E-state index in [0.717, 1.165) is 17.1 Å². The lowest BCUT2D eigenvalue weighted by molar-refractivity contribution is 0.299. The predicted molar refractivity (Wildman–Crippen MR) is 78.8 cm³/mol. The maximum Gasteiger partial charge on any atom is 0.130 e. The third kappa shape index (κ3) is 3.25. The Bertz CT molecular complexity index is 579. The second kappa shape index (κ2) is 5.74. The first-order valence-corrected chi connectivity index (χ1v) is 6.43. The highest BCUT2D eigenvalue weighted by molar-refractivity contribution is 5.43. The van der Waals surface area contributed by atoms with Crippen LogP contribution < -0.4 is 10.1 Å². The van der Waals surface area contributed by atoms with Crippen LogP contribution in [0.15, 0.2) is 30.5 Å². The molecule has 0 unspecified atom stereocenters. The fraction of sp³-hybridized carbons (Fsp3) is 0.312. The Morgan fingerprint density at radius 3 is 2.68 bits per heavy atom. The maximum absolute atomic E-state index is 5.89. The molecule has 0 fully saturated rings. The minimum Gasteiger partial charge on any atom is -0.487 e. The SMILES string of the molecule is CNc1ccnc(COc2cc(C)cc(C)c2C)c1. The molecule has 0 aliphatic rings. The van der Waals surface area contributed by atoms with E-state index in [-0.39, 0.29) is 0 Å². The Hall–Kier alpha value is -2.03. The number of pyridine rings is 1. The summed E-state index contributed by atoms with van der Waals surface area (Å²) in [6.07, 6.45) is 1.79. The Morgan fingerprint density at radius 2 is 1.95 bits per heavy atom. The van der Waals surface area contributed by atoms with Gasteiger partial charge in [-0.05, 0) is 55.7 Å². The highest BCUT2D eigenvalue weighted by Crippen LogP contribution is 2.24. The van der Waals surface area contributed by atoms with Crippen molar-refractivity contribution in [2.24, 2.45) is 0 Å². The van der Waals surface area contributed by atoms with E-state index in [1.165, 1.54) is 16.7 Å². The predicted octanol–water partition coefficient (Wildman–Crippen LogP) is 3.63. The van der Waals surface area contributed by atoms with Crippen molar-refractivity contribution in [1.29, 1.82) is 0 Å². The van der Waals surface area contributed by atoms with E-state index in [1.807, 2.05) is 19.2 Å². The summed E-state index contributed by atoms with van der Waals surface area (Å²) in [5.41, 5.74) is 5.63. The van der Waals surface area contributed by atoms with Crippen molar-refractivity contribution in [2.45, 2.75) is 27.4 Å². The van der Waals surface area contributed by atoms with Crippen LogP contribution >= 0.6 is 0 Å². The van der Waals surface area contributed by atoms with Gasteiger partial charge in [-0.1, -0.05) is 6.07 Å². The van der Waals surface area contributed by atoms with Crippen molar-refractivity contribution >= 4 is 5.69 Å². The lowest BCUT2D eigenvalue weighted by atomic mass is 10.1. The van der Waals surface area contributed by atoms with Crippen molar-refractivity contribution in [3.8, 4) is 5.75 Å². The van der Waals surface area contributed by atoms with Crippen LogP contribution in [0.3, 0.4) is 0 Å². The highest BCUT2D eigenvalue weighted by atomic mass is 16.5. The molecule has 1 aromatic carbocycles. The maximum atomic E-state index is 5.89. The molecule has 19 heavy (non-hydrogen) atoms. The number of nitrogens with one attached hydrogen (secondary N) is 1. The van der Waals surface area contributed by atoms with E-state index < -0.39 is 0 Å². The van der Waals surface area contributed by atoms with E-state index in [2.05, 4.69) is 43.2 Å². The summed E-state index contributed by atoms with van der Waals surface area (Å²) in [4.78, 5) is 4.31. The zero-order valence-corrected chi connectivity index (χ0v) is 11.9. The van der Waals surface area contributed by atoms with Crippen molar-refractivity contribution in [1.82, 2.24) is 4.98 Å². The van der Waals surface area contributed by atoms with Crippen LogP contribution in [0.25, 0.3) is 0 Å². The van der Waals surface area contributed by atoms with E-state index in [4.69, 9.17) is 4.74 Å². The summed E-state index contributed by atoms with van der Waals surface area (Å²) in [5.74, 6) is 0.939. The third-order valence-corrected chi connectivity index (χ3v) is 3.24. The van der Waals surface area contributed by atoms with E-state index >= 15 is 0 Å². The molecule has 3 heteroatoms. The van der Waals surface area contributed by atoms with Gasteiger partial charge in [0.1, 0.15) is 12.4 Å². The summed E-state index contributed by atoms with van der Waals surface area (Å²) in [5, 5.41) is 3.10. The molecule has 2 rings (SSSR count). The molecule has 0 spiro atoms. The van der Waals surface area contributed by atoms with Gasteiger partial charge in [-0.2, -0.15) is 0 Å². The topological polar surface area (TPSA) is 34.2 Å². The standard InChI is InChI=1S/C16H20N2O/c1-11-7-12(2)13(3)16(8-11)19-10-15-9-14(17-4)5-6-18-15/h5-9H,10H2,1-4H3,(H,17,18). The number of hydrogen-bond donors (Lipinski definition) is 1. The first-order chi connectivity index (χ1) is 9.10. The van der Waals surface area contributed by atoms with Gasteiger partial charge in [-0.15, -0.1) is 0 Å². The molecule has 1 heterocycles. The van der Waals surface area contributed by atoms with Gasteiger partial charge in [0, 0.05) is 18.9 Å². The smallest absolute Gasteiger partial charge is 0.130 e. The summed E-state index contributed by atoms with van der Waals surface area (Å²) in [6, 6.07) is 8.18. The number of aryl methyl sites for hydroxylation is 2. The largest absolute Gasteiger partial charge is 0.487 e. The van der Waals surface area contributed by atoms with E-state index in [0.29, 0.717) is 6.61 Å². The summed E-state index contributed by atoms with van der Waals surface area (Å²) in [6.45, 7) is 6.76. The second-order valence-electron chi connectivity index (χ2n) is 4.78. The van der Waals surface area contributed by atoms with Gasteiger partial charge in [0.15, 0.2) is 0 Å². The zero-order chi connectivity index (χ0) is 13.8. The van der Waals surface area contributed by atoms with Gasteiger partial charge in [0.25, 0.3) is 0 Å². The normalized spacial score (nSPS) is 10.3. The minimum absolute atomic E-state index is 0.485. The first kappa shape index (κ1) is 13.4. The number of aromatic nitrogens is 1. The fourth-order valence-corrected chi connectivity index (χ4v) is 2.02. The molecule has 1 aromatic heterocycles. The molecular weight excluding hydrogens is 236 g/mol. The Labute approximate surface area is 114 Å². The average molecular weight is 256 g/mol. The summed E-state index contributed by atoms with van der Waals surface area (Å²) < 4.78 is 5.89. The Balaban J connectivity index is 2.14. The average Bonchev–Trinajstić information content (AvgIpc) is 2.41. The number of nitrogens with zero attached hydrogens (tertiary/aromatic N) is 1. The van der Waals surface area contributed by atoms with Gasteiger partial charge in [-0.3, -0.25) is 4.98 Å². The summed E-state index contributed by atoms with van der Waals surface area (Å²) >= 11 is 0. The molecule has 0 atom stereocenters. The molecule has 2 aromatic rings. The van der Waals surface area contributed by atoms with Crippen molar-refractivity contribution < 1.29 is 4.74 Å². The number of rotatable bonds is 4. The van der Waals surface area contributed by atoms with E-state index in [1.54, 1.807) is 6.20 Å². The van der Waals surface area contributed by atoms with Gasteiger partial charge in [0.2, 0.25) is 0 Å². The number of hydrogen-bond acceptors (Lipinski definition) is 3. The molecule has 0 bridgehead atoms. The molecule has 0 radical (unpaired) electrons. The third-order valence-electron chi connectivity index (χ3n) is 3.24. The molecule has 0 aliphatic carbocycles. The van der Waals surface area contributed by atoms with Crippen molar-refractivity contribution in [3.05, 3.63) is 52.8 Å². The van der Waals surface area contributed by atoms with Gasteiger partial charge >= 0.3 is 0 Å². The molecule has 100 valence electrons. The fourth-order valence-electron chi connectivity index (χ4n) is 2.02. The first-order valence-electron chi connectivity index (χ1n) is 6.43. The van der Waals surface area contributed by atoms with Crippen LogP contribution in [0.1, 0.15) is 22.4 Å². The van der Waals surface area contributed by atoms with Crippen LogP contribution in [0, 0.1) is 20.8 Å². The van der Waals surface area contributed by atoms with Crippen LogP contribution in [-0.2, 0) is 6.61 Å². The van der Waals surface area contributed by atoms with Crippen molar-refractivity contribution in [3.63, 3.8) is 0 Å². The molecule has 3 nitrogen and oxygen atoms in total. The quantitative estimate of drug-likeness (QED) is 0.907. The zero-order valence-electron chi connectivity index (χ0n) is 11.9. The molecular formula is C16H20N2O. The second-order valence-corrected chi connectivity index (χ2v) is 4.78. The monoisotopic (exact) mass is 256 g/mol. The van der Waals surface area contributed by atoms with Crippen LogP contribution in [0.4, 0.5) is 5.69 Å². The Morgan fingerprint density at radius 1 is 1.16 bits per heavy atom. The van der Waals surface area contributed by atoms with Gasteiger partial charge < -0.3 is 10.1 Å². The number of anilines is 1. The van der Waals surface area contributed by atoms with Gasteiger partial charge in [-0.25, -0.2) is 0 Å². The highest BCUT2D eigenvalue weighted by Gasteiger charge is 2.05. The van der Waals surface area contributed by atoms with E-state index in [9.17, 15) is 0 Å². The van der Waals surface area contributed by atoms with Crippen LogP contribution in [0.5, 0.6) is 5.75 Å². The van der Waals surface area contributed by atoms with Crippen molar-refractivity contribution in [2.75, 3.05) is 12.4 Å². The number of benzene rings is 1. The Kier molecular flexibility index (Phi) is 4.05. The molecule has 1 N–H and O–H groups in total.